The number of ether oxygens (including phenoxy) is 3. The number of benzene rings is 2. The smallest absolute Gasteiger partial charge is 0.322 e. The van der Waals surface area contributed by atoms with Crippen LogP contribution < -0.4 is 19.5 Å². The Morgan fingerprint density at radius 2 is 1.62 bits per heavy atom. The van der Waals surface area contributed by atoms with Gasteiger partial charge in [0.05, 0.1) is 33.1 Å². The summed E-state index contributed by atoms with van der Waals surface area (Å²) < 4.78 is 16.2. The third kappa shape index (κ3) is 4.75. The van der Waals surface area contributed by atoms with E-state index >= 15 is 0 Å². The highest BCUT2D eigenvalue weighted by Crippen LogP contribution is 2.40. The highest BCUT2D eigenvalue weighted by atomic mass is 16.5. The van der Waals surface area contributed by atoms with Crippen molar-refractivity contribution in [3.05, 3.63) is 47.5 Å². The van der Waals surface area contributed by atoms with Crippen LogP contribution in [0.5, 0.6) is 17.2 Å². The molecule has 1 N–H and O–H groups in total. The second-order valence-electron chi connectivity index (χ2n) is 7.31. The summed E-state index contributed by atoms with van der Waals surface area (Å²) in [7, 11) is 4.68. The topological polar surface area (TPSA) is 60.0 Å². The van der Waals surface area contributed by atoms with Gasteiger partial charge in [0.15, 0.2) is 11.5 Å². The Morgan fingerprint density at radius 1 is 0.966 bits per heavy atom. The van der Waals surface area contributed by atoms with E-state index in [9.17, 15) is 4.79 Å². The highest BCUT2D eigenvalue weighted by Gasteiger charge is 2.27. The van der Waals surface area contributed by atoms with Crippen LogP contribution in [0.2, 0.25) is 0 Å². The van der Waals surface area contributed by atoms with Crippen LogP contribution in [-0.4, -0.2) is 38.8 Å². The molecule has 0 aliphatic carbocycles. The minimum absolute atomic E-state index is 0.0696. The number of urea groups is 1. The van der Waals surface area contributed by atoms with E-state index in [2.05, 4.69) is 36.5 Å². The lowest BCUT2D eigenvalue weighted by Crippen LogP contribution is -2.38. The number of amides is 2. The zero-order valence-electron chi connectivity index (χ0n) is 17.7. The van der Waals surface area contributed by atoms with Gasteiger partial charge >= 0.3 is 6.03 Å². The Bertz CT molecular complexity index is 810. The maximum absolute atomic E-state index is 13.2. The molecule has 2 aromatic carbocycles. The first-order chi connectivity index (χ1) is 14.1. The molecule has 0 spiro atoms. The summed E-state index contributed by atoms with van der Waals surface area (Å²) in [4.78, 5) is 15.2. The van der Waals surface area contributed by atoms with Crippen LogP contribution >= 0.6 is 0 Å². The molecule has 0 bridgehead atoms. The number of methoxy groups -OCH3 is 3. The summed E-state index contributed by atoms with van der Waals surface area (Å²) >= 11 is 0. The lowest BCUT2D eigenvalue weighted by Gasteiger charge is -2.31. The van der Waals surface area contributed by atoms with Crippen molar-refractivity contribution >= 4 is 11.7 Å². The Hall–Kier alpha value is -2.89. The molecule has 0 saturated carbocycles. The number of rotatable bonds is 5. The maximum atomic E-state index is 13.2. The van der Waals surface area contributed by atoms with E-state index < -0.39 is 0 Å². The van der Waals surface area contributed by atoms with E-state index in [0.717, 1.165) is 32.2 Å². The summed E-state index contributed by atoms with van der Waals surface area (Å²) in [6, 6.07) is 11.9. The summed E-state index contributed by atoms with van der Waals surface area (Å²) in [5.41, 5.74) is 3.00. The third-order valence-corrected chi connectivity index (χ3v) is 5.39. The van der Waals surface area contributed by atoms with Crippen LogP contribution in [0.25, 0.3) is 0 Å². The first kappa shape index (κ1) is 20.8. The number of hydrogen-bond donors (Lipinski definition) is 1. The molecular weight excluding hydrogens is 368 g/mol. The molecular formula is C23H30N2O4. The number of nitrogens with one attached hydrogen (secondary N) is 1. The van der Waals surface area contributed by atoms with E-state index in [1.165, 1.54) is 11.1 Å². The molecule has 1 fully saturated rings. The predicted octanol–water partition coefficient (Wildman–Crippen LogP) is 5.17. The quantitative estimate of drug-likeness (QED) is 0.755. The molecule has 2 aromatic rings. The highest BCUT2D eigenvalue weighted by molar-refractivity contribution is 5.90. The molecule has 1 aliphatic rings. The molecule has 1 saturated heterocycles. The van der Waals surface area contributed by atoms with Crippen LogP contribution in [0.1, 0.15) is 42.9 Å². The van der Waals surface area contributed by atoms with Crippen molar-refractivity contribution in [1.29, 1.82) is 0 Å². The van der Waals surface area contributed by atoms with Crippen molar-refractivity contribution < 1.29 is 19.0 Å². The molecule has 29 heavy (non-hydrogen) atoms. The average molecular weight is 399 g/mol. The van der Waals surface area contributed by atoms with Crippen LogP contribution in [0.15, 0.2) is 36.4 Å². The molecule has 2 amide bonds. The first-order valence-electron chi connectivity index (χ1n) is 10.0. The van der Waals surface area contributed by atoms with Crippen LogP contribution in [0, 0.1) is 6.92 Å². The van der Waals surface area contributed by atoms with Crippen molar-refractivity contribution in [3.63, 3.8) is 0 Å². The van der Waals surface area contributed by atoms with E-state index in [1.807, 2.05) is 4.90 Å². The number of aryl methyl sites for hydroxylation is 1. The lowest BCUT2D eigenvalue weighted by atomic mass is 10.00. The lowest BCUT2D eigenvalue weighted by molar-refractivity contribution is 0.189. The van der Waals surface area contributed by atoms with Gasteiger partial charge < -0.3 is 24.4 Å². The molecule has 0 unspecified atom stereocenters. The van der Waals surface area contributed by atoms with Crippen molar-refractivity contribution in [2.24, 2.45) is 0 Å². The van der Waals surface area contributed by atoms with Gasteiger partial charge in [-0.05, 0) is 25.3 Å². The van der Waals surface area contributed by atoms with E-state index in [4.69, 9.17) is 14.2 Å². The Morgan fingerprint density at radius 3 is 2.21 bits per heavy atom. The van der Waals surface area contributed by atoms with E-state index in [-0.39, 0.29) is 12.1 Å². The van der Waals surface area contributed by atoms with Gasteiger partial charge in [-0.2, -0.15) is 0 Å². The summed E-state index contributed by atoms with van der Waals surface area (Å²) in [5, 5.41) is 3.02. The van der Waals surface area contributed by atoms with Gasteiger partial charge in [-0.1, -0.05) is 42.7 Å². The molecule has 0 aromatic heterocycles. The zero-order valence-corrected chi connectivity index (χ0v) is 17.7. The fourth-order valence-corrected chi connectivity index (χ4v) is 3.84. The fourth-order valence-electron chi connectivity index (χ4n) is 3.84. The SMILES string of the molecule is COc1cc(NC(=O)N2CCCCC[C@H]2c2ccc(C)cc2)cc(OC)c1OC. The molecule has 3 rings (SSSR count). The maximum Gasteiger partial charge on any atom is 0.322 e. The molecule has 1 aliphatic heterocycles. The van der Waals surface area contributed by atoms with Crippen molar-refractivity contribution in [2.45, 2.75) is 38.6 Å². The summed E-state index contributed by atoms with van der Waals surface area (Å²) in [6.45, 7) is 2.81. The molecule has 1 atom stereocenters. The summed E-state index contributed by atoms with van der Waals surface area (Å²) in [6.07, 6.45) is 4.22. The first-order valence-corrected chi connectivity index (χ1v) is 10.0. The normalized spacial score (nSPS) is 16.7. The van der Waals surface area contributed by atoms with Crippen molar-refractivity contribution in [1.82, 2.24) is 4.90 Å². The van der Waals surface area contributed by atoms with Gasteiger partial charge in [0.1, 0.15) is 0 Å². The standard InChI is InChI=1S/C23H30N2O4/c1-16-9-11-17(12-10-16)19-8-6-5-7-13-25(19)23(26)24-18-14-20(27-2)22(29-4)21(15-18)28-3/h9-12,14-15,19H,5-8,13H2,1-4H3,(H,24,26)/t19-/m0/s1. The Kier molecular flexibility index (Phi) is 6.86. The number of hydrogen-bond acceptors (Lipinski definition) is 4. The minimum atomic E-state index is -0.119. The van der Waals surface area contributed by atoms with E-state index in [1.54, 1.807) is 33.5 Å². The number of carbonyl (C=O) groups excluding carboxylic acids is 1. The number of anilines is 1. The van der Waals surface area contributed by atoms with Gasteiger partial charge in [0.25, 0.3) is 0 Å². The monoisotopic (exact) mass is 398 g/mol. The molecule has 156 valence electrons. The molecule has 6 nitrogen and oxygen atoms in total. The fraction of sp³-hybridized carbons (Fsp3) is 0.435. The van der Waals surface area contributed by atoms with Crippen LogP contribution in [-0.2, 0) is 0 Å². The van der Waals surface area contributed by atoms with Gasteiger partial charge in [-0.15, -0.1) is 0 Å². The largest absolute Gasteiger partial charge is 0.493 e. The Labute approximate surface area is 172 Å². The molecule has 0 radical (unpaired) electrons. The van der Waals surface area contributed by atoms with Gasteiger partial charge in [-0.25, -0.2) is 4.79 Å². The Balaban J connectivity index is 1.86. The average Bonchev–Trinajstić information content (AvgIpc) is 2.99. The number of carbonyl (C=O) groups is 1. The van der Waals surface area contributed by atoms with Crippen molar-refractivity contribution in [3.8, 4) is 17.2 Å². The summed E-state index contributed by atoms with van der Waals surface area (Å²) in [5.74, 6) is 1.52. The van der Waals surface area contributed by atoms with Gasteiger partial charge in [-0.3, -0.25) is 0 Å². The van der Waals surface area contributed by atoms with Crippen LogP contribution in [0.3, 0.4) is 0 Å². The van der Waals surface area contributed by atoms with Gasteiger partial charge in [0, 0.05) is 18.7 Å². The predicted molar refractivity (Wildman–Crippen MR) is 114 cm³/mol. The number of nitrogens with zero attached hydrogens (tertiary/aromatic N) is 1. The zero-order chi connectivity index (χ0) is 20.8. The second-order valence-corrected chi connectivity index (χ2v) is 7.31. The van der Waals surface area contributed by atoms with Crippen molar-refractivity contribution in [2.75, 3.05) is 33.2 Å². The molecule has 6 heteroatoms. The van der Waals surface area contributed by atoms with Gasteiger partial charge in [0.2, 0.25) is 5.75 Å². The van der Waals surface area contributed by atoms with Crippen LogP contribution in [0.4, 0.5) is 10.5 Å². The third-order valence-electron chi connectivity index (χ3n) is 5.39. The second kappa shape index (κ2) is 9.54. The van der Waals surface area contributed by atoms with E-state index in [0.29, 0.717) is 22.9 Å². The number of likely N-dealkylation sites (tertiary alicyclic amines) is 1. The minimum Gasteiger partial charge on any atom is -0.493 e. The molecule has 1 heterocycles.